The minimum atomic E-state index is 0.266. The first kappa shape index (κ1) is 17.7. The van der Waals surface area contributed by atoms with E-state index in [9.17, 15) is 4.79 Å². The number of thiophene rings is 1. The summed E-state index contributed by atoms with van der Waals surface area (Å²) in [6.07, 6.45) is 4.65. The second kappa shape index (κ2) is 7.53. The van der Waals surface area contributed by atoms with Gasteiger partial charge in [-0.3, -0.25) is 9.69 Å². The van der Waals surface area contributed by atoms with Crippen molar-refractivity contribution >= 4 is 17.2 Å². The number of rotatable bonds is 4. The van der Waals surface area contributed by atoms with Crippen molar-refractivity contribution in [1.29, 1.82) is 0 Å². The van der Waals surface area contributed by atoms with Crippen LogP contribution in [0.4, 0.5) is 0 Å². The predicted molar refractivity (Wildman–Crippen MR) is 102 cm³/mol. The Morgan fingerprint density at radius 3 is 2.85 bits per heavy atom. The molecule has 1 amide bonds. The summed E-state index contributed by atoms with van der Waals surface area (Å²) in [6.45, 7) is 7.89. The van der Waals surface area contributed by atoms with Gasteiger partial charge in [0.25, 0.3) is 0 Å². The van der Waals surface area contributed by atoms with Gasteiger partial charge in [-0.2, -0.15) is 0 Å². The summed E-state index contributed by atoms with van der Waals surface area (Å²) < 4.78 is 5.19. The summed E-state index contributed by atoms with van der Waals surface area (Å²) in [6, 6.07) is 2.90. The Kier molecular flexibility index (Phi) is 5.14. The van der Waals surface area contributed by atoms with Crippen LogP contribution < -0.4 is 0 Å². The summed E-state index contributed by atoms with van der Waals surface area (Å²) in [4.78, 5) is 18.8. The van der Waals surface area contributed by atoms with Crippen molar-refractivity contribution in [3.05, 3.63) is 38.9 Å². The second-order valence-corrected chi connectivity index (χ2v) is 8.50. The van der Waals surface area contributed by atoms with Crippen LogP contribution in [0.25, 0.3) is 0 Å². The molecule has 0 unspecified atom stereocenters. The van der Waals surface area contributed by atoms with E-state index in [2.05, 4.69) is 26.4 Å². The van der Waals surface area contributed by atoms with E-state index in [0.29, 0.717) is 12.5 Å². The zero-order valence-corrected chi connectivity index (χ0v) is 16.5. The van der Waals surface area contributed by atoms with Gasteiger partial charge in [0.15, 0.2) is 0 Å². The lowest BCUT2D eigenvalue weighted by Gasteiger charge is -2.40. The molecule has 4 rings (SSSR count). The van der Waals surface area contributed by atoms with Gasteiger partial charge in [0.05, 0.1) is 5.69 Å². The Bertz CT molecular complexity index is 754. The van der Waals surface area contributed by atoms with Gasteiger partial charge in [0.1, 0.15) is 5.76 Å². The van der Waals surface area contributed by atoms with Crippen LogP contribution in [0, 0.1) is 13.8 Å². The number of fused-ring (bicyclic) bond motifs is 1. The molecule has 2 aromatic heterocycles. The van der Waals surface area contributed by atoms with Gasteiger partial charge in [0, 0.05) is 49.1 Å². The van der Waals surface area contributed by atoms with Gasteiger partial charge in [-0.05, 0) is 56.5 Å². The van der Waals surface area contributed by atoms with Crippen molar-refractivity contribution in [2.45, 2.75) is 58.5 Å². The molecule has 6 heteroatoms. The average Bonchev–Trinajstić information content (AvgIpc) is 3.26. The summed E-state index contributed by atoms with van der Waals surface area (Å²) in [5, 5.41) is 6.19. The molecule has 0 radical (unpaired) electrons. The van der Waals surface area contributed by atoms with E-state index < -0.39 is 0 Å². The number of amides is 1. The fraction of sp³-hybridized carbons (Fsp3) is 0.600. The third-order valence-corrected chi connectivity index (χ3v) is 6.96. The van der Waals surface area contributed by atoms with E-state index in [1.165, 1.54) is 12.0 Å². The molecule has 5 nitrogen and oxygen atoms in total. The smallest absolute Gasteiger partial charge is 0.222 e. The monoisotopic (exact) mass is 373 g/mol. The SMILES string of the molecule is Cc1noc(C)c1CCC(=O)N1CCC(N2CCc3sccc3C2)CC1. The number of aryl methyl sites for hydroxylation is 2. The maximum Gasteiger partial charge on any atom is 0.222 e. The summed E-state index contributed by atoms with van der Waals surface area (Å²) >= 11 is 1.89. The summed E-state index contributed by atoms with van der Waals surface area (Å²) in [5.74, 6) is 1.11. The van der Waals surface area contributed by atoms with Crippen LogP contribution >= 0.6 is 11.3 Å². The Morgan fingerprint density at radius 1 is 1.31 bits per heavy atom. The van der Waals surface area contributed by atoms with Crippen LogP contribution in [0.15, 0.2) is 16.0 Å². The Balaban J connectivity index is 1.26. The molecule has 26 heavy (non-hydrogen) atoms. The molecule has 2 aliphatic heterocycles. The minimum absolute atomic E-state index is 0.266. The van der Waals surface area contributed by atoms with Gasteiger partial charge in [0.2, 0.25) is 5.91 Å². The lowest BCUT2D eigenvalue weighted by atomic mass is 9.99. The molecule has 1 fully saturated rings. The van der Waals surface area contributed by atoms with E-state index in [-0.39, 0.29) is 5.91 Å². The lowest BCUT2D eigenvalue weighted by molar-refractivity contribution is -0.132. The highest BCUT2D eigenvalue weighted by Gasteiger charge is 2.29. The molecular formula is C20H27N3O2S. The number of hydrogen-bond acceptors (Lipinski definition) is 5. The maximum atomic E-state index is 12.6. The van der Waals surface area contributed by atoms with E-state index >= 15 is 0 Å². The maximum absolute atomic E-state index is 12.6. The van der Waals surface area contributed by atoms with Crippen LogP contribution in [-0.4, -0.2) is 46.5 Å². The van der Waals surface area contributed by atoms with Crippen molar-refractivity contribution in [1.82, 2.24) is 15.0 Å². The first-order chi connectivity index (χ1) is 12.6. The topological polar surface area (TPSA) is 49.6 Å². The average molecular weight is 374 g/mol. The van der Waals surface area contributed by atoms with E-state index in [4.69, 9.17) is 4.52 Å². The van der Waals surface area contributed by atoms with Crippen LogP contribution in [0.5, 0.6) is 0 Å². The molecule has 4 heterocycles. The molecule has 0 saturated carbocycles. The largest absolute Gasteiger partial charge is 0.361 e. The molecule has 2 aromatic rings. The first-order valence-corrected chi connectivity index (χ1v) is 10.5. The molecule has 0 N–H and O–H groups in total. The summed E-state index contributed by atoms with van der Waals surface area (Å²) in [5.41, 5.74) is 3.51. The van der Waals surface area contributed by atoms with Crippen LogP contribution in [-0.2, 0) is 24.2 Å². The Labute approximate surface area is 159 Å². The third kappa shape index (κ3) is 3.58. The molecule has 140 valence electrons. The minimum Gasteiger partial charge on any atom is -0.361 e. The number of carbonyl (C=O) groups excluding carboxylic acids is 1. The fourth-order valence-electron chi connectivity index (χ4n) is 4.31. The number of nitrogens with zero attached hydrogens (tertiary/aromatic N) is 3. The number of carbonyl (C=O) groups is 1. The number of aromatic nitrogens is 1. The second-order valence-electron chi connectivity index (χ2n) is 7.50. The van der Waals surface area contributed by atoms with Gasteiger partial charge >= 0.3 is 0 Å². The van der Waals surface area contributed by atoms with Gasteiger partial charge in [-0.25, -0.2) is 0 Å². The molecule has 0 atom stereocenters. The standard InChI is InChI=1S/C20H27N3O2S/c1-14-18(15(2)25-21-14)3-4-20(24)22-9-5-17(6-10-22)23-11-7-19-16(13-23)8-12-26-19/h8,12,17H,3-7,9-11,13H2,1-2H3. The zero-order chi connectivity index (χ0) is 18.1. The van der Waals surface area contributed by atoms with Gasteiger partial charge in [-0.15, -0.1) is 11.3 Å². The van der Waals surface area contributed by atoms with Crippen molar-refractivity contribution in [3.8, 4) is 0 Å². The molecule has 0 aliphatic carbocycles. The number of hydrogen-bond donors (Lipinski definition) is 0. The van der Waals surface area contributed by atoms with E-state index in [0.717, 1.165) is 62.5 Å². The molecule has 2 aliphatic rings. The number of likely N-dealkylation sites (tertiary alicyclic amines) is 1. The molecular weight excluding hydrogens is 346 g/mol. The van der Waals surface area contributed by atoms with E-state index in [1.54, 1.807) is 4.88 Å². The van der Waals surface area contributed by atoms with Crippen LogP contribution in [0.1, 0.15) is 46.7 Å². The summed E-state index contributed by atoms with van der Waals surface area (Å²) in [7, 11) is 0. The van der Waals surface area contributed by atoms with Crippen LogP contribution in [0.2, 0.25) is 0 Å². The van der Waals surface area contributed by atoms with Gasteiger partial charge in [-0.1, -0.05) is 5.16 Å². The quantitative estimate of drug-likeness (QED) is 0.825. The van der Waals surface area contributed by atoms with Crippen molar-refractivity contribution in [2.24, 2.45) is 0 Å². The lowest BCUT2D eigenvalue weighted by Crippen LogP contribution is -2.48. The van der Waals surface area contributed by atoms with Crippen molar-refractivity contribution < 1.29 is 9.32 Å². The Hall–Kier alpha value is -1.66. The van der Waals surface area contributed by atoms with Crippen molar-refractivity contribution in [3.63, 3.8) is 0 Å². The third-order valence-electron chi connectivity index (χ3n) is 5.94. The predicted octanol–water partition coefficient (Wildman–Crippen LogP) is 3.33. The highest BCUT2D eigenvalue weighted by atomic mass is 32.1. The fourth-order valence-corrected chi connectivity index (χ4v) is 5.20. The highest BCUT2D eigenvalue weighted by Crippen LogP contribution is 2.28. The molecule has 0 spiro atoms. The first-order valence-electron chi connectivity index (χ1n) is 9.60. The Morgan fingerprint density at radius 2 is 2.12 bits per heavy atom. The highest BCUT2D eigenvalue weighted by molar-refractivity contribution is 7.10. The van der Waals surface area contributed by atoms with Crippen molar-refractivity contribution in [2.75, 3.05) is 19.6 Å². The van der Waals surface area contributed by atoms with Gasteiger partial charge < -0.3 is 9.42 Å². The zero-order valence-electron chi connectivity index (χ0n) is 15.7. The molecule has 0 aromatic carbocycles. The normalized spacial score (nSPS) is 18.9. The number of piperidine rings is 1. The molecule has 0 bridgehead atoms. The van der Waals surface area contributed by atoms with Crippen LogP contribution in [0.3, 0.4) is 0 Å². The van der Waals surface area contributed by atoms with E-state index in [1.807, 2.05) is 25.2 Å². The molecule has 1 saturated heterocycles.